The van der Waals surface area contributed by atoms with Crippen LogP contribution in [0.4, 0.5) is 0 Å². The number of allylic oxidation sites excluding steroid dienone is 2. The molecule has 1 heterocycles. The summed E-state index contributed by atoms with van der Waals surface area (Å²) in [6.45, 7) is 0.925. The fourth-order valence-corrected chi connectivity index (χ4v) is 2.97. The highest BCUT2D eigenvalue weighted by Gasteiger charge is 2.30. The largest absolute Gasteiger partial charge is 0.389 e. The van der Waals surface area contributed by atoms with Crippen molar-refractivity contribution in [1.29, 1.82) is 0 Å². The van der Waals surface area contributed by atoms with Gasteiger partial charge < -0.3 is 10.0 Å². The van der Waals surface area contributed by atoms with Gasteiger partial charge in [-0.25, -0.2) is 0 Å². The molecule has 3 rings (SSSR count). The van der Waals surface area contributed by atoms with Crippen LogP contribution in [-0.2, 0) is 11.2 Å². The lowest BCUT2D eigenvalue weighted by atomic mass is 9.90. The van der Waals surface area contributed by atoms with Crippen LogP contribution < -0.4 is 0 Å². The van der Waals surface area contributed by atoms with Gasteiger partial charge in [-0.1, -0.05) is 42.0 Å². The highest BCUT2D eigenvalue weighted by molar-refractivity contribution is 6.30. The van der Waals surface area contributed by atoms with E-state index in [9.17, 15) is 9.90 Å². The van der Waals surface area contributed by atoms with Gasteiger partial charge in [0.2, 0.25) is 0 Å². The molecule has 0 bridgehead atoms. The molecule has 22 heavy (non-hydrogen) atoms. The van der Waals surface area contributed by atoms with Crippen molar-refractivity contribution < 1.29 is 9.90 Å². The number of aliphatic hydroxyl groups excluding tert-OH is 1. The van der Waals surface area contributed by atoms with Crippen molar-refractivity contribution in [3.05, 3.63) is 58.7 Å². The zero-order valence-electron chi connectivity index (χ0n) is 12.4. The van der Waals surface area contributed by atoms with Crippen LogP contribution in [0.15, 0.2) is 48.1 Å². The summed E-state index contributed by atoms with van der Waals surface area (Å²) in [7, 11) is 0. The van der Waals surface area contributed by atoms with Gasteiger partial charge in [0, 0.05) is 23.7 Å². The molecular weight excluding hydrogens is 298 g/mol. The molecule has 116 valence electrons. The molecule has 1 aliphatic heterocycles. The van der Waals surface area contributed by atoms with Crippen LogP contribution in [-0.4, -0.2) is 35.1 Å². The van der Waals surface area contributed by atoms with Crippen molar-refractivity contribution in [3.8, 4) is 0 Å². The quantitative estimate of drug-likeness (QED) is 0.927. The first-order chi connectivity index (χ1) is 10.6. The van der Waals surface area contributed by atoms with Gasteiger partial charge >= 0.3 is 0 Å². The summed E-state index contributed by atoms with van der Waals surface area (Å²) < 4.78 is 0. The summed E-state index contributed by atoms with van der Waals surface area (Å²) >= 11 is 5.89. The van der Waals surface area contributed by atoms with E-state index in [4.69, 9.17) is 11.6 Å². The van der Waals surface area contributed by atoms with Gasteiger partial charge in [-0.15, -0.1) is 0 Å². The van der Waals surface area contributed by atoms with E-state index < -0.39 is 0 Å². The first kappa shape index (κ1) is 15.3. The average Bonchev–Trinajstić information content (AvgIpc) is 2.51. The smallest absolute Gasteiger partial charge is 0.253 e. The predicted octanol–water partition coefficient (Wildman–Crippen LogP) is 2.98. The Hall–Kier alpha value is -1.58. The molecule has 1 unspecified atom stereocenters. The second-order valence-corrected chi connectivity index (χ2v) is 6.48. The maximum absolute atomic E-state index is 12.1. The molecule has 1 atom stereocenters. The minimum atomic E-state index is -0.343. The predicted molar refractivity (Wildman–Crippen MR) is 87.7 cm³/mol. The molecule has 1 aromatic rings. The number of likely N-dealkylation sites (tertiary alicyclic amines) is 1. The number of carbonyl (C=O) groups excluding carboxylic acids is 1. The average molecular weight is 318 g/mol. The number of halogens is 1. The van der Waals surface area contributed by atoms with Crippen LogP contribution >= 0.6 is 11.6 Å². The summed E-state index contributed by atoms with van der Waals surface area (Å²) in [6.07, 6.45) is 8.74. The van der Waals surface area contributed by atoms with Crippen molar-refractivity contribution in [1.82, 2.24) is 4.90 Å². The third kappa shape index (κ3) is 3.60. The molecule has 1 aromatic carbocycles. The minimum absolute atomic E-state index is 0.0395. The van der Waals surface area contributed by atoms with Crippen LogP contribution in [0.1, 0.15) is 18.4 Å². The zero-order valence-corrected chi connectivity index (χ0v) is 13.2. The number of amides is 1. The molecule has 1 N–H and O–H groups in total. The Morgan fingerprint density at radius 1 is 1.27 bits per heavy atom. The van der Waals surface area contributed by atoms with Crippen molar-refractivity contribution >= 4 is 17.5 Å². The zero-order chi connectivity index (χ0) is 15.5. The second kappa shape index (κ2) is 6.67. The number of rotatable bonds is 4. The highest BCUT2D eigenvalue weighted by atomic mass is 35.5. The Morgan fingerprint density at radius 3 is 2.59 bits per heavy atom. The maximum atomic E-state index is 12.1. The molecule has 0 spiro atoms. The first-order valence-electron chi connectivity index (χ1n) is 7.72. The molecule has 1 fully saturated rings. The van der Waals surface area contributed by atoms with Crippen molar-refractivity contribution in [2.75, 3.05) is 13.1 Å². The number of hydrogen-bond donors (Lipinski definition) is 1. The highest BCUT2D eigenvalue weighted by Crippen LogP contribution is 2.24. The lowest BCUT2D eigenvalue weighted by Crippen LogP contribution is -2.53. The molecule has 0 radical (unpaired) electrons. The molecule has 1 saturated heterocycles. The van der Waals surface area contributed by atoms with Crippen molar-refractivity contribution in [2.24, 2.45) is 5.92 Å². The molecule has 3 nitrogen and oxygen atoms in total. The number of aryl methyl sites for hydroxylation is 1. The summed E-state index contributed by atoms with van der Waals surface area (Å²) in [5.74, 6) is 0.520. The molecule has 2 aliphatic rings. The van der Waals surface area contributed by atoms with Crippen LogP contribution in [0.3, 0.4) is 0 Å². The minimum Gasteiger partial charge on any atom is -0.389 e. The maximum Gasteiger partial charge on any atom is 0.253 e. The summed E-state index contributed by atoms with van der Waals surface area (Å²) in [5.41, 5.74) is 2.05. The topological polar surface area (TPSA) is 40.5 Å². The van der Waals surface area contributed by atoms with Gasteiger partial charge in [-0.3, -0.25) is 4.79 Å². The van der Waals surface area contributed by atoms with Crippen LogP contribution in [0, 0.1) is 5.92 Å². The van der Waals surface area contributed by atoms with E-state index in [1.54, 1.807) is 4.90 Å². The van der Waals surface area contributed by atoms with Crippen LogP contribution in [0.5, 0.6) is 0 Å². The third-order valence-corrected chi connectivity index (χ3v) is 4.55. The number of β-amino-alcohol motifs (C(OH)–C–C–N with tert-alkyl or cyclic N) is 1. The molecule has 1 amide bonds. The lowest BCUT2D eigenvalue weighted by Gasteiger charge is -2.36. The molecule has 4 heteroatoms. The van der Waals surface area contributed by atoms with E-state index in [1.165, 1.54) is 5.56 Å². The Bertz CT molecular complexity index is 600. The lowest BCUT2D eigenvalue weighted by molar-refractivity contribution is -0.136. The Kier molecular flexibility index (Phi) is 4.65. The third-order valence-electron chi connectivity index (χ3n) is 4.30. The number of carbonyl (C=O) groups is 1. The van der Waals surface area contributed by atoms with Gasteiger partial charge in [0.25, 0.3) is 5.91 Å². The van der Waals surface area contributed by atoms with Gasteiger partial charge in [-0.05, 0) is 42.9 Å². The summed E-state index contributed by atoms with van der Waals surface area (Å²) in [6, 6.07) is 7.97. The van der Waals surface area contributed by atoms with Gasteiger partial charge in [0.1, 0.15) is 0 Å². The van der Waals surface area contributed by atoms with E-state index >= 15 is 0 Å². The fourth-order valence-electron chi connectivity index (χ4n) is 2.84. The van der Waals surface area contributed by atoms with Gasteiger partial charge in [0.05, 0.1) is 6.10 Å². The van der Waals surface area contributed by atoms with Gasteiger partial charge in [-0.2, -0.15) is 0 Å². The van der Waals surface area contributed by atoms with Crippen LogP contribution in [0.25, 0.3) is 0 Å². The number of nitrogens with zero attached hydrogens (tertiary/aromatic N) is 1. The van der Waals surface area contributed by atoms with E-state index in [2.05, 4.69) is 18.2 Å². The van der Waals surface area contributed by atoms with E-state index in [0.717, 1.165) is 29.9 Å². The summed E-state index contributed by atoms with van der Waals surface area (Å²) in [5, 5.41) is 10.0. The molecule has 0 saturated carbocycles. The summed E-state index contributed by atoms with van der Waals surface area (Å²) in [4.78, 5) is 13.8. The SMILES string of the molecule is O=C(C1=CCC(CCc2ccc(Cl)cc2)C=C1)N1CC(O)C1. The standard InChI is InChI=1S/C18H20ClNO2/c19-16-9-5-14(6-10-16)2-1-13-3-7-15(8-4-13)18(22)20-11-17(21)12-20/h3,5-10,13,17,21H,1-2,4,11-12H2. The normalized spacial score (nSPS) is 21.5. The Labute approximate surface area is 135 Å². The van der Waals surface area contributed by atoms with E-state index in [1.807, 2.05) is 24.3 Å². The monoisotopic (exact) mass is 317 g/mol. The van der Waals surface area contributed by atoms with Crippen molar-refractivity contribution in [3.63, 3.8) is 0 Å². The Morgan fingerprint density at radius 2 is 2.00 bits per heavy atom. The Balaban J connectivity index is 1.48. The molecular formula is C18H20ClNO2. The number of hydrogen-bond acceptors (Lipinski definition) is 2. The van der Waals surface area contributed by atoms with E-state index in [0.29, 0.717) is 19.0 Å². The first-order valence-corrected chi connectivity index (χ1v) is 8.10. The fraction of sp³-hybridized carbons (Fsp3) is 0.389. The molecule has 0 aromatic heterocycles. The van der Waals surface area contributed by atoms with Gasteiger partial charge in [0.15, 0.2) is 0 Å². The van der Waals surface area contributed by atoms with E-state index in [-0.39, 0.29) is 12.0 Å². The van der Waals surface area contributed by atoms with Crippen LogP contribution in [0.2, 0.25) is 5.02 Å². The van der Waals surface area contributed by atoms with Crippen molar-refractivity contribution in [2.45, 2.75) is 25.4 Å². The molecule has 1 aliphatic carbocycles. The second-order valence-electron chi connectivity index (χ2n) is 6.04. The number of benzene rings is 1. The number of aliphatic hydroxyl groups is 1.